The molecule has 0 fully saturated rings. The molecule has 0 aromatic heterocycles. The fraction of sp³-hybridized carbons (Fsp3) is 0.143. The SMILES string of the molecule is OC(Cc1ccc(F)c(Br)c1)c1cc(Cl)ccc1Br. The summed E-state index contributed by atoms with van der Waals surface area (Å²) in [5.41, 5.74) is 1.56. The second-order valence-corrected chi connectivity index (χ2v) is 6.28. The lowest BCUT2D eigenvalue weighted by molar-refractivity contribution is 0.177. The Bertz CT molecular complexity index is 604. The molecule has 100 valence electrons. The van der Waals surface area contributed by atoms with Gasteiger partial charge in [-0.05, 0) is 57.4 Å². The topological polar surface area (TPSA) is 20.2 Å². The molecular weight excluding hydrogens is 398 g/mol. The second-order valence-electron chi connectivity index (χ2n) is 4.13. The van der Waals surface area contributed by atoms with Crippen LogP contribution in [0.25, 0.3) is 0 Å². The normalized spacial score (nSPS) is 12.5. The van der Waals surface area contributed by atoms with Gasteiger partial charge in [0, 0.05) is 15.9 Å². The summed E-state index contributed by atoms with van der Waals surface area (Å²) in [6, 6.07) is 9.95. The van der Waals surface area contributed by atoms with E-state index in [1.54, 1.807) is 30.3 Å². The molecule has 0 bridgehead atoms. The predicted octanol–water partition coefficient (Wildman–Crippen LogP) is 5.28. The summed E-state index contributed by atoms with van der Waals surface area (Å²) >= 11 is 12.4. The maximum absolute atomic E-state index is 13.1. The van der Waals surface area contributed by atoms with Gasteiger partial charge in [0.2, 0.25) is 0 Å². The molecule has 0 aliphatic rings. The highest BCUT2D eigenvalue weighted by molar-refractivity contribution is 9.10. The Hall–Kier alpha value is -0.420. The lowest BCUT2D eigenvalue weighted by Gasteiger charge is -2.13. The molecule has 2 aromatic carbocycles. The van der Waals surface area contributed by atoms with E-state index in [9.17, 15) is 9.50 Å². The zero-order valence-electron chi connectivity index (χ0n) is 9.71. The number of aliphatic hydroxyl groups is 1. The van der Waals surface area contributed by atoms with E-state index in [2.05, 4.69) is 31.9 Å². The third-order valence-electron chi connectivity index (χ3n) is 2.73. The van der Waals surface area contributed by atoms with Gasteiger partial charge in [0.1, 0.15) is 5.82 Å². The van der Waals surface area contributed by atoms with Gasteiger partial charge in [-0.25, -0.2) is 4.39 Å². The summed E-state index contributed by atoms with van der Waals surface area (Å²) in [6.07, 6.45) is -0.317. The van der Waals surface area contributed by atoms with E-state index in [4.69, 9.17) is 11.6 Å². The van der Waals surface area contributed by atoms with Gasteiger partial charge in [-0.1, -0.05) is 33.6 Å². The Kier molecular flexibility index (Phi) is 5.01. The first-order valence-electron chi connectivity index (χ1n) is 5.54. The fourth-order valence-corrected chi connectivity index (χ4v) is 2.89. The summed E-state index contributed by atoms with van der Waals surface area (Å²) in [4.78, 5) is 0. The third-order valence-corrected chi connectivity index (χ3v) is 4.30. The Balaban J connectivity index is 2.22. The molecule has 0 saturated heterocycles. The molecule has 0 spiro atoms. The highest BCUT2D eigenvalue weighted by Gasteiger charge is 2.13. The third kappa shape index (κ3) is 3.78. The molecule has 0 aliphatic carbocycles. The van der Waals surface area contributed by atoms with Crippen molar-refractivity contribution in [3.05, 3.63) is 67.3 Å². The van der Waals surface area contributed by atoms with Crippen LogP contribution in [-0.4, -0.2) is 5.11 Å². The van der Waals surface area contributed by atoms with E-state index < -0.39 is 6.10 Å². The Labute approximate surface area is 132 Å². The van der Waals surface area contributed by atoms with Crippen molar-refractivity contribution in [2.45, 2.75) is 12.5 Å². The molecule has 2 aromatic rings. The lowest BCUT2D eigenvalue weighted by atomic mass is 10.0. The first-order chi connectivity index (χ1) is 8.97. The standard InChI is InChI=1S/C14H10Br2ClFO/c15-11-3-2-9(17)7-10(11)14(19)6-8-1-4-13(18)12(16)5-8/h1-5,7,14,19H,6H2. The predicted molar refractivity (Wildman–Crippen MR) is 81.9 cm³/mol. The number of hydrogen-bond acceptors (Lipinski definition) is 1. The van der Waals surface area contributed by atoms with Crippen LogP contribution in [0.15, 0.2) is 45.3 Å². The van der Waals surface area contributed by atoms with Gasteiger partial charge >= 0.3 is 0 Å². The summed E-state index contributed by atoms with van der Waals surface area (Å²) in [6.45, 7) is 0. The van der Waals surface area contributed by atoms with Gasteiger partial charge in [0.05, 0.1) is 10.6 Å². The van der Waals surface area contributed by atoms with Gasteiger partial charge < -0.3 is 5.11 Å². The monoisotopic (exact) mass is 406 g/mol. The highest BCUT2D eigenvalue weighted by atomic mass is 79.9. The van der Waals surface area contributed by atoms with Crippen molar-refractivity contribution in [3.63, 3.8) is 0 Å². The zero-order valence-corrected chi connectivity index (χ0v) is 13.6. The van der Waals surface area contributed by atoms with Crippen molar-refractivity contribution < 1.29 is 9.50 Å². The Morgan fingerprint density at radius 2 is 1.84 bits per heavy atom. The number of hydrogen-bond donors (Lipinski definition) is 1. The van der Waals surface area contributed by atoms with Crippen molar-refractivity contribution >= 4 is 43.5 Å². The second kappa shape index (κ2) is 6.35. The minimum Gasteiger partial charge on any atom is -0.388 e. The first-order valence-corrected chi connectivity index (χ1v) is 7.50. The average Bonchev–Trinajstić information content (AvgIpc) is 2.36. The number of rotatable bonds is 3. The van der Waals surface area contributed by atoms with E-state index >= 15 is 0 Å². The summed E-state index contributed by atoms with van der Waals surface area (Å²) in [7, 11) is 0. The van der Waals surface area contributed by atoms with Crippen LogP contribution in [-0.2, 0) is 6.42 Å². The maximum atomic E-state index is 13.1. The van der Waals surface area contributed by atoms with Crippen molar-refractivity contribution in [2.24, 2.45) is 0 Å². The van der Waals surface area contributed by atoms with Crippen LogP contribution in [0.2, 0.25) is 5.02 Å². The van der Waals surface area contributed by atoms with E-state index in [0.717, 1.165) is 10.0 Å². The van der Waals surface area contributed by atoms with Crippen molar-refractivity contribution in [3.8, 4) is 0 Å². The molecule has 0 aliphatic heterocycles. The van der Waals surface area contributed by atoms with Crippen LogP contribution in [0.3, 0.4) is 0 Å². The van der Waals surface area contributed by atoms with Gasteiger partial charge in [0.15, 0.2) is 0 Å². The number of aliphatic hydroxyl groups excluding tert-OH is 1. The molecular formula is C14H10Br2ClFO. The summed E-state index contributed by atoms with van der Waals surface area (Å²) in [5.74, 6) is -0.317. The van der Waals surface area contributed by atoms with E-state index in [1.807, 2.05) is 0 Å². The summed E-state index contributed by atoms with van der Waals surface area (Å²) < 4.78 is 14.3. The molecule has 0 saturated carbocycles. The largest absolute Gasteiger partial charge is 0.388 e. The lowest BCUT2D eigenvalue weighted by Crippen LogP contribution is -2.03. The minimum absolute atomic E-state index is 0.317. The maximum Gasteiger partial charge on any atom is 0.137 e. The first kappa shape index (κ1) is 15.0. The molecule has 19 heavy (non-hydrogen) atoms. The Morgan fingerprint density at radius 3 is 2.53 bits per heavy atom. The zero-order chi connectivity index (χ0) is 14.0. The number of benzene rings is 2. The highest BCUT2D eigenvalue weighted by Crippen LogP contribution is 2.29. The molecule has 2 rings (SSSR count). The van der Waals surface area contributed by atoms with Crippen molar-refractivity contribution in [1.82, 2.24) is 0 Å². The summed E-state index contributed by atoms with van der Waals surface area (Å²) in [5, 5.41) is 10.8. The van der Waals surface area contributed by atoms with Crippen LogP contribution >= 0.6 is 43.5 Å². The van der Waals surface area contributed by atoms with Crippen LogP contribution in [0.1, 0.15) is 17.2 Å². The quantitative estimate of drug-likeness (QED) is 0.733. The van der Waals surface area contributed by atoms with Crippen molar-refractivity contribution in [2.75, 3.05) is 0 Å². The van der Waals surface area contributed by atoms with Crippen LogP contribution < -0.4 is 0 Å². The molecule has 1 N–H and O–H groups in total. The molecule has 1 atom stereocenters. The van der Waals surface area contributed by atoms with Crippen molar-refractivity contribution in [1.29, 1.82) is 0 Å². The minimum atomic E-state index is -0.703. The Morgan fingerprint density at radius 1 is 1.11 bits per heavy atom. The molecule has 0 heterocycles. The van der Waals surface area contributed by atoms with E-state index in [0.29, 0.717) is 21.5 Å². The van der Waals surface area contributed by atoms with Gasteiger partial charge in [-0.2, -0.15) is 0 Å². The molecule has 5 heteroatoms. The molecule has 1 unspecified atom stereocenters. The van der Waals surface area contributed by atoms with Crippen LogP contribution in [0.5, 0.6) is 0 Å². The van der Waals surface area contributed by atoms with Gasteiger partial charge in [-0.3, -0.25) is 0 Å². The molecule has 0 radical (unpaired) electrons. The van der Waals surface area contributed by atoms with Gasteiger partial charge in [0.25, 0.3) is 0 Å². The molecule has 0 amide bonds. The van der Waals surface area contributed by atoms with Crippen LogP contribution in [0.4, 0.5) is 4.39 Å². The average molecular weight is 408 g/mol. The van der Waals surface area contributed by atoms with E-state index in [1.165, 1.54) is 6.07 Å². The van der Waals surface area contributed by atoms with E-state index in [-0.39, 0.29) is 5.82 Å². The number of halogens is 4. The molecule has 1 nitrogen and oxygen atoms in total. The van der Waals surface area contributed by atoms with Gasteiger partial charge in [-0.15, -0.1) is 0 Å². The van der Waals surface area contributed by atoms with Crippen LogP contribution in [0, 0.1) is 5.82 Å². The fourth-order valence-electron chi connectivity index (χ4n) is 1.77. The smallest absolute Gasteiger partial charge is 0.137 e.